The zero-order valence-corrected chi connectivity index (χ0v) is 14.5. The summed E-state index contributed by atoms with van der Waals surface area (Å²) in [6.45, 7) is 2.00. The molecule has 0 aliphatic rings. The maximum absolute atomic E-state index is 11.8. The maximum Gasteiger partial charge on any atom is 0.315 e. The molecule has 2 amide bonds. The Labute approximate surface area is 152 Å². The molecule has 0 spiro atoms. The van der Waals surface area contributed by atoms with Gasteiger partial charge in [0.25, 0.3) is 0 Å². The molecular weight excluding hydrogens is 328 g/mol. The lowest BCUT2D eigenvalue weighted by Crippen LogP contribution is -2.37. The second-order valence-electron chi connectivity index (χ2n) is 5.80. The third kappa shape index (κ3) is 5.66. The number of amides is 2. The van der Waals surface area contributed by atoms with Crippen LogP contribution in [0.5, 0.6) is 5.75 Å². The van der Waals surface area contributed by atoms with E-state index in [0.29, 0.717) is 26.2 Å². The van der Waals surface area contributed by atoms with E-state index in [0.717, 1.165) is 11.3 Å². The van der Waals surface area contributed by atoms with E-state index in [1.54, 1.807) is 6.20 Å². The topological polar surface area (TPSA) is 68.2 Å². The molecule has 3 aromatic rings. The molecule has 1 heterocycles. The standard InChI is InChI=1S/C20H22N4O2/c25-20(21-11-12-26-19-9-5-2-6-10-19)22-13-18-14-23-24(16-18)15-17-7-3-1-4-8-17/h1-10,14,16H,11-13,15H2,(H2,21,22,25). The van der Waals surface area contributed by atoms with Crippen LogP contribution >= 0.6 is 0 Å². The van der Waals surface area contributed by atoms with E-state index in [1.165, 1.54) is 5.56 Å². The van der Waals surface area contributed by atoms with Crippen LogP contribution in [0.2, 0.25) is 0 Å². The number of para-hydroxylation sites is 1. The first-order chi connectivity index (χ1) is 12.8. The van der Waals surface area contributed by atoms with Crippen LogP contribution in [0, 0.1) is 0 Å². The first kappa shape index (κ1) is 17.5. The third-order valence-electron chi connectivity index (χ3n) is 3.73. The molecule has 0 fully saturated rings. The van der Waals surface area contributed by atoms with Gasteiger partial charge in [0, 0.05) is 18.3 Å². The third-order valence-corrected chi connectivity index (χ3v) is 3.73. The van der Waals surface area contributed by atoms with Crippen molar-refractivity contribution in [1.82, 2.24) is 20.4 Å². The normalized spacial score (nSPS) is 10.3. The van der Waals surface area contributed by atoms with Gasteiger partial charge in [-0.2, -0.15) is 5.10 Å². The van der Waals surface area contributed by atoms with Crippen molar-refractivity contribution in [2.45, 2.75) is 13.1 Å². The number of nitrogens with one attached hydrogen (secondary N) is 2. The highest BCUT2D eigenvalue weighted by Gasteiger charge is 2.03. The van der Waals surface area contributed by atoms with Crippen molar-refractivity contribution in [3.05, 3.63) is 84.2 Å². The molecule has 0 saturated carbocycles. The van der Waals surface area contributed by atoms with Crippen LogP contribution in [0.1, 0.15) is 11.1 Å². The lowest BCUT2D eigenvalue weighted by atomic mass is 10.2. The van der Waals surface area contributed by atoms with Crippen molar-refractivity contribution in [2.75, 3.05) is 13.2 Å². The van der Waals surface area contributed by atoms with Crippen LogP contribution < -0.4 is 15.4 Å². The predicted octanol–water partition coefficient (Wildman–Crippen LogP) is 2.81. The van der Waals surface area contributed by atoms with Gasteiger partial charge in [-0.1, -0.05) is 48.5 Å². The summed E-state index contributed by atoms with van der Waals surface area (Å²) in [5.41, 5.74) is 2.14. The molecule has 0 aliphatic carbocycles. The maximum atomic E-state index is 11.8. The van der Waals surface area contributed by atoms with Gasteiger partial charge in [-0.25, -0.2) is 4.79 Å². The molecule has 1 aromatic heterocycles. The number of aromatic nitrogens is 2. The minimum atomic E-state index is -0.225. The van der Waals surface area contributed by atoms with Gasteiger partial charge in [0.2, 0.25) is 0 Å². The van der Waals surface area contributed by atoms with Crippen molar-refractivity contribution >= 4 is 6.03 Å². The number of benzene rings is 2. The molecule has 0 bridgehead atoms. The number of hydrogen-bond donors (Lipinski definition) is 2. The highest BCUT2D eigenvalue weighted by atomic mass is 16.5. The number of hydrogen-bond acceptors (Lipinski definition) is 3. The Hall–Kier alpha value is -3.28. The van der Waals surface area contributed by atoms with Crippen LogP contribution in [-0.2, 0) is 13.1 Å². The van der Waals surface area contributed by atoms with Gasteiger partial charge in [0.05, 0.1) is 19.3 Å². The monoisotopic (exact) mass is 350 g/mol. The molecule has 0 aliphatic heterocycles. The summed E-state index contributed by atoms with van der Waals surface area (Å²) in [4.78, 5) is 11.8. The Kier molecular flexibility index (Phi) is 6.25. The number of rotatable bonds is 8. The number of ether oxygens (including phenoxy) is 1. The van der Waals surface area contributed by atoms with Crippen molar-refractivity contribution < 1.29 is 9.53 Å². The second kappa shape index (κ2) is 9.27. The molecule has 0 atom stereocenters. The summed E-state index contributed by atoms with van der Waals surface area (Å²) in [7, 11) is 0. The lowest BCUT2D eigenvalue weighted by molar-refractivity contribution is 0.236. The van der Waals surface area contributed by atoms with E-state index in [-0.39, 0.29) is 6.03 Å². The van der Waals surface area contributed by atoms with Crippen LogP contribution in [-0.4, -0.2) is 29.0 Å². The van der Waals surface area contributed by atoms with Crippen LogP contribution in [0.25, 0.3) is 0 Å². The highest BCUT2D eigenvalue weighted by Crippen LogP contribution is 2.07. The fraction of sp³-hybridized carbons (Fsp3) is 0.200. The Balaban J connectivity index is 1.34. The molecule has 2 aromatic carbocycles. The molecule has 0 radical (unpaired) electrons. The molecule has 3 rings (SSSR count). The number of urea groups is 1. The van der Waals surface area contributed by atoms with Crippen LogP contribution in [0.4, 0.5) is 4.79 Å². The second-order valence-corrected chi connectivity index (χ2v) is 5.80. The quantitative estimate of drug-likeness (QED) is 0.614. The summed E-state index contributed by atoms with van der Waals surface area (Å²) < 4.78 is 7.38. The minimum absolute atomic E-state index is 0.225. The number of nitrogens with zero attached hydrogens (tertiary/aromatic N) is 2. The van der Waals surface area contributed by atoms with Gasteiger partial charge in [0.1, 0.15) is 12.4 Å². The SMILES string of the molecule is O=C(NCCOc1ccccc1)NCc1cnn(Cc2ccccc2)c1. The summed E-state index contributed by atoms with van der Waals surface area (Å²) in [6.07, 6.45) is 3.70. The van der Waals surface area contributed by atoms with Crippen LogP contribution in [0.15, 0.2) is 73.1 Å². The first-order valence-electron chi connectivity index (χ1n) is 8.54. The predicted molar refractivity (Wildman–Crippen MR) is 99.9 cm³/mol. The highest BCUT2D eigenvalue weighted by molar-refractivity contribution is 5.73. The Morgan fingerprint density at radius 2 is 1.69 bits per heavy atom. The lowest BCUT2D eigenvalue weighted by Gasteiger charge is -2.08. The summed E-state index contributed by atoms with van der Waals surface area (Å²) >= 11 is 0. The van der Waals surface area contributed by atoms with E-state index in [1.807, 2.05) is 59.4 Å². The van der Waals surface area contributed by atoms with Crippen molar-refractivity contribution in [1.29, 1.82) is 0 Å². The van der Waals surface area contributed by atoms with Crippen molar-refractivity contribution in [2.24, 2.45) is 0 Å². The van der Waals surface area contributed by atoms with E-state index in [4.69, 9.17) is 4.74 Å². The molecule has 6 nitrogen and oxygen atoms in total. The summed E-state index contributed by atoms with van der Waals surface area (Å²) in [5, 5.41) is 9.91. The Bertz CT molecular complexity index is 803. The largest absolute Gasteiger partial charge is 0.492 e. The summed E-state index contributed by atoms with van der Waals surface area (Å²) in [6, 6.07) is 19.4. The molecule has 6 heteroatoms. The minimum Gasteiger partial charge on any atom is -0.492 e. The average molecular weight is 350 g/mol. The fourth-order valence-corrected chi connectivity index (χ4v) is 2.45. The average Bonchev–Trinajstić information content (AvgIpc) is 3.12. The number of carbonyl (C=O) groups excluding carboxylic acids is 1. The fourth-order valence-electron chi connectivity index (χ4n) is 2.45. The Morgan fingerprint density at radius 3 is 2.46 bits per heavy atom. The smallest absolute Gasteiger partial charge is 0.315 e. The molecule has 0 unspecified atom stereocenters. The van der Waals surface area contributed by atoms with Crippen molar-refractivity contribution in [3.63, 3.8) is 0 Å². The van der Waals surface area contributed by atoms with Gasteiger partial charge < -0.3 is 15.4 Å². The van der Waals surface area contributed by atoms with Crippen LogP contribution in [0.3, 0.4) is 0 Å². The van der Waals surface area contributed by atoms with Crippen molar-refractivity contribution in [3.8, 4) is 5.75 Å². The van der Waals surface area contributed by atoms with E-state index in [2.05, 4.69) is 27.9 Å². The van der Waals surface area contributed by atoms with Gasteiger partial charge >= 0.3 is 6.03 Å². The molecular formula is C20H22N4O2. The van der Waals surface area contributed by atoms with Gasteiger partial charge in [-0.3, -0.25) is 4.68 Å². The Morgan fingerprint density at radius 1 is 0.962 bits per heavy atom. The first-order valence-corrected chi connectivity index (χ1v) is 8.54. The van der Waals surface area contributed by atoms with Gasteiger partial charge in [0.15, 0.2) is 0 Å². The number of carbonyl (C=O) groups is 1. The molecule has 134 valence electrons. The van der Waals surface area contributed by atoms with Gasteiger partial charge in [-0.05, 0) is 17.7 Å². The van der Waals surface area contributed by atoms with E-state index in [9.17, 15) is 4.79 Å². The molecule has 2 N–H and O–H groups in total. The molecule has 26 heavy (non-hydrogen) atoms. The zero-order chi connectivity index (χ0) is 18.0. The van der Waals surface area contributed by atoms with Gasteiger partial charge in [-0.15, -0.1) is 0 Å². The van der Waals surface area contributed by atoms with E-state index < -0.39 is 0 Å². The summed E-state index contributed by atoms with van der Waals surface area (Å²) in [5.74, 6) is 0.792. The van der Waals surface area contributed by atoms with E-state index >= 15 is 0 Å². The molecule has 0 saturated heterocycles. The zero-order valence-electron chi connectivity index (χ0n) is 14.5.